The average Bonchev–Trinajstić information content (AvgIpc) is 3.54. The molecule has 4 heterocycles. The van der Waals surface area contributed by atoms with Gasteiger partial charge in [-0.15, -0.1) is 0 Å². The van der Waals surface area contributed by atoms with Crippen LogP contribution in [-0.4, -0.2) is 53.2 Å². The van der Waals surface area contributed by atoms with Crippen LogP contribution >= 0.6 is 0 Å². The highest BCUT2D eigenvalue weighted by atomic mass is 16.7. The van der Waals surface area contributed by atoms with Gasteiger partial charge in [-0.3, -0.25) is 4.79 Å². The summed E-state index contributed by atoms with van der Waals surface area (Å²) in [4.78, 5) is 15.3. The summed E-state index contributed by atoms with van der Waals surface area (Å²) in [6.07, 6.45) is 3.43. The third-order valence-corrected chi connectivity index (χ3v) is 5.80. The highest BCUT2D eigenvalue weighted by Crippen LogP contribution is 2.30. The molecule has 0 bridgehead atoms. The van der Waals surface area contributed by atoms with Gasteiger partial charge in [0.2, 0.25) is 0 Å². The van der Waals surface area contributed by atoms with Crippen molar-refractivity contribution in [2.75, 3.05) is 26.3 Å². The van der Waals surface area contributed by atoms with Crippen molar-refractivity contribution in [2.24, 2.45) is 5.92 Å². The van der Waals surface area contributed by atoms with E-state index in [-0.39, 0.29) is 12.2 Å². The maximum atomic E-state index is 13.4. The zero-order valence-electron chi connectivity index (χ0n) is 17.0. The van der Waals surface area contributed by atoms with Gasteiger partial charge < -0.3 is 18.8 Å². The molecule has 2 saturated heterocycles. The number of hydrogen-bond donors (Lipinski definition) is 0. The Morgan fingerprint density at radius 2 is 1.77 bits per heavy atom. The molecule has 2 aromatic heterocycles. The molecule has 0 aliphatic carbocycles. The summed E-state index contributed by atoms with van der Waals surface area (Å²) in [6.45, 7) is 4.57. The molecule has 1 amide bonds. The molecule has 2 aliphatic rings. The van der Waals surface area contributed by atoms with Crippen LogP contribution < -0.4 is 0 Å². The SMILES string of the molecule is Cc1ccc(-c2nn(-c3ccccc3)cc2C(=O)N2CCC(C3OCCO3)CC2)o1. The maximum absolute atomic E-state index is 13.4. The van der Waals surface area contributed by atoms with Gasteiger partial charge in [-0.2, -0.15) is 5.10 Å². The fourth-order valence-corrected chi connectivity index (χ4v) is 4.18. The number of aromatic nitrogens is 2. The number of carbonyl (C=O) groups excluding carboxylic acids is 1. The van der Waals surface area contributed by atoms with Crippen molar-refractivity contribution in [2.45, 2.75) is 26.1 Å². The van der Waals surface area contributed by atoms with E-state index >= 15 is 0 Å². The van der Waals surface area contributed by atoms with E-state index in [2.05, 4.69) is 0 Å². The molecule has 7 heteroatoms. The average molecular weight is 407 g/mol. The Bertz CT molecular complexity index is 1010. The largest absolute Gasteiger partial charge is 0.460 e. The fraction of sp³-hybridized carbons (Fsp3) is 0.391. The molecule has 0 saturated carbocycles. The summed E-state index contributed by atoms with van der Waals surface area (Å²) < 4.78 is 18.9. The first kappa shape index (κ1) is 19.1. The molecular formula is C23H25N3O4. The smallest absolute Gasteiger partial charge is 0.257 e. The summed E-state index contributed by atoms with van der Waals surface area (Å²) in [5, 5.41) is 4.69. The Morgan fingerprint density at radius 1 is 1.03 bits per heavy atom. The monoisotopic (exact) mass is 407 g/mol. The summed E-state index contributed by atoms with van der Waals surface area (Å²) in [5.74, 6) is 1.71. The summed E-state index contributed by atoms with van der Waals surface area (Å²) in [6, 6.07) is 13.5. The van der Waals surface area contributed by atoms with Crippen LogP contribution in [0.4, 0.5) is 0 Å². The molecule has 156 valence electrons. The molecular weight excluding hydrogens is 382 g/mol. The molecule has 7 nitrogen and oxygen atoms in total. The number of rotatable bonds is 4. The Morgan fingerprint density at radius 3 is 2.43 bits per heavy atom. The molecule has 0 unspecified atom stereocenters. The van der Waals surface area contributed by atoms with Crippen molar-refractivity contribution in [3.63, 3.8) is 0 Å². The number of piperidine rings is 1. The van der Waals surface area contributed by atoms with Crippen LogP contribution in [0, 0.1) is 12.8 Å². The second-order valence-corrected chi connectivity index (χ2v) is 7.82. The molecule has 0 N–H and O–H groups in total. The first-order valence-corrected chi connectivity index (χ1v) is 10.4. The fourth-order valence-electron chi connectivity index (χ4n) is 4.18. The lowest BCUT2D eigenvalue weighted by Crippen LogP contribution is -2.41. The molecule has 5 rings (SSSR count). The number of hydrogen-bond acceptors (Lipinski definition) is 5. The van der Waals surface area contributed by atoms with E-state index in [9.17, 15) is 4.79 Å². The maximum Gasteiger partial charge on any atom is 0.257 e. The zero-order valence-corrected chi connectivity index (χ0v) is 17.0. The van der Waals surface area contributed by atoms with Crippen LogP contribution in [0.1, 0.15) is 29.0 Å². The second-order valence-electron chi connectivity index (χ2n) is 7.82. The van der Waals surface area contributed by atoms with E-state index in [4.69, 9.17) is 19.0 Å². The van der Waals surface area contributed by atoms with E-state index in [1.807, 2.05) is 54.3 Å². The van der Waals surface area contributed by atoms with Gasteiger partial charge in [0, 0.05) is 25.2 Å². The van der Waals surface area contributed by atoms with Crippen molar-refractivity contribution in [1.82, 2.24) is 14.7 Å². The predicted molar refractivity (Wildman–Crippen MR) is 110 cm³/mol. The van der Waals surface area contributed by atoms with E-state index in [0.29, 0.717) is 49.2 Å². The molecule has 2 aliphatic heterocycles. The van der Waals surface area contributed by atoms with Crippen LogP contribution in [0.5, 0.6) is 0 Å². The van der Waals surface area contributed by atoms with Gasteiger partial charge in [0.05, 0.1) is 24.5 Å². The second kappa shape index (κ2) is 8.08. The molecule has 0 atom stereocenters. The van der Waals surface area contributed by atoms with Crippen LogP contribution in [-0.2, 0) is 9.47 Å². The molecule has 2 fully saturated rings. The number of para-hydroxylation sites is 1. The minimum Gasteiger partial charge on any atom is -0.460 e. The minimum atomic E-state index is -0.121. The Kier molecular flexibility index (Phi) is 5.14. The summed E-state index contributed by atoms with van der Waals surface area (Å²) >= 11 is 0. The molecule has 3 aromatic rings. The van der Waals surface area contributed by atoms with Gasteiger partial charge in [-0.25, -0.2) is 4.68 Å². The van der Waals surface area contributed by atoms with Gasteiger partial charge >= 0.3 is 0 Å². The number of amides is 1. The topological polar surface area (TPSA) is 69.7 Å². The van der Waals surface area contributed by atoms with Crippen LogP contribution in [0.15, 0.2) is 53.1 Å². The summed E-state index contributed by atoms with van der Waals surface area (Å²) in [5.41, 5.74) is 2.02. The van der Waals surface area contributed by atoms with Crippen LogP contribution in [0.25, 0.3) is 17.1 Å². The molecule has 30 heavy (non-hydrogen) atoms. The number of aryl methyl sites for hydroxylation is 1. The predicted octanol–water partition coefficient (Wildman–Crippen LogP) is 3.67. The third kappa shape index (κ3) is 3.66. The summed E-state index contributed by atoms with van der Waals surface area (Å²) in [7, 11) is 0. The number of furan rings is 1. The minimum absolute atomic E-state index is 0.0204. The van der Waals surface area contributed by atoms with Gasteiger partial charge in [-0.1, -0.05) is 18.2 Å². The van der Waals surface area contributed by atoms with E-state index in [1.54, 1.807) is 10.9 Å². The van der Waals surface area contributed by atoms with E-state index < -0.39 is 0 Å². The highest BCUT2D eigenvalue weighted by Gasteiger charge is 2.33. The first-order chi connectivity index (χ1) is 14.7. The van der Waals surface area contributed by atoms with Gasteiger partial charge in [0.1, 0.15) is 11.5 Å². The van der Waals surface area contributed by atoms with Gasteiger partial charge in [0.25, 0.3) is 5.91 Å². The normalized spacial score (nSPS) is 18.2. The highest BCUT2D eigenvalue weighted by molar-refractivity contribution is 5.99. The number of nitrogens with zero attached hydrogens (tertiary/aromatic N) is 3. The van der Waals surface area contributed by atoms with Crippen molar-refractivity contribution in [1.29, 1.82) is 0 Å². The Balaban J connectivity index is 1.41. The van der Waals surface area contributed by atoms with Crippen molar-refractivity contribution >= 4 is 5.91 Å². The molecule has 1 aromatic carbocycles. The Labute approximate surface area is 175 Å². The quantitative estimate of drug-likeness (QED) is 0.660. The van der Waals surface area contributed by atoms with E-state index in [0.717, 1.165) is 24.3 Å². The van der Waals surface area contributed by atoms with E-state index in [1.165, 1.54) is 0 Å². The lowest BCUT2D eigenvalue weighted by Gasteiger charge is -2.33. The molecule has 0 spiro atoms. The third-order valence-electron chi connectivity index (χ3n) is 5.80. The lowest BCUT2D eigenvalue weighted by atomic mass is 9.95. The molecule has 0 radical (unpaired) electrons. The standard InChI is InChI=1S/C23H25N3O4/c1-16-7-8-20(30-16)21-19(15-26(24-21)18-5-3-2-4-6-18)22(27)25-11-9-17(10-12-25)23-28-13-14-29-23/h2-8,15,17,23H,9-14H2,1H3. The van der Waals surface area contributed by atoms with Crippen LogP contribution in [0.2, 0.25) is 0 Å². The zero-order chi connectivity index (χ0) is 20.5. The number of carbonyl (C=O) groups is 1. The van der Waals surface area contributed by atoms with Crippen molar-refractivity contribution in [3.8, 4) is 17.1 Å². The number of likely N-dealkylation sites (tertiary alicyclic amines) is 1. The van der Waals surface area contributed by atoms with Crippen molar-refractivity contribution < 1.29 is 18.7 Å². The van der Waals surface area contributed by atoms with Gasteiger partial charge in [0.15, 0.2) is 12.1 Å². The number of benzene rings is 1. The first-order valence-electron chi connectivity index (χ1n) is 10.4. The number of ether oxygens (including phenoxy) is 2. The van der Waals surface area contributed by atoms with Gasteiger partial charge in [-0.05, 0) is 44.0 Å². The van der Waals surface area contributed by atoms with Crippen LogP contribution in [0.3, 0.4) is 0 Å². The van der Waals surface area contributed by atoms with Crippen molar-refractivity contribution in [3.05, 3.63) is 60.0 Å². The lowest BCUT2D eigenvalue weighted by molar-refractivity contribution is -0.0956. The Hall–Kier alpha value is -2.90.